The predicted octanol–water partition coefficient (Wildman–Crippen LogP) is 1.61. The van der Waals surface area contributed by atoms with Crippen LogP contribution in [-0.2, 0) is 9.47 Å². The Morgan fingerprint density at radius 1 is 1.37 bits per heavy atom. The third-order valence-corrected chi connectivity index (χ3v) is 3.04. The molecule has 0 unspecified atom stereocenters. The number of carbonyl (C=O) groups is 1. The summed E-state index contributed by atoms with van der Waals surface area (Å²) >= 11 is 0. The normalized spacial score (nSPS) is 14.5. The van der Waals surface area contributed by atoms with Crippen molar-refractivity contribution >= 4 is 11.6 Å². The number of benzene rings is 1. The highest BCUT2D eigenvalue weighted by Gasteiger charge is 2.23. The standard InChI is InChI=1S/C14H20N2O3/c1-18-13(19-2)9-15-12-5-3-4-10(8-12)14(17)16-11-6-7-11/h3-5,8,11,13,15H,6-7,9H2,1-2H3,(H,16,17). The molecule has 1 amide bonds. The average molecular weight is 264 g/mol. The molecule has 0 atom stereocenters. The van der Waals surface area contributed by atoms with E-state index >= 15 is 0 Å². The average Bonchev–Trinajstić information content (AvgIpc) is 3.24. The van der Waals surface area contributed by atoms with Crippen molar-refractivity contribution in [1.29, 1.82) is 0 Å². The number of anilines is 1. The zero-order valence-electron chi connectivity index (χ0n) is 11.3. The number of rotatable bonds is 7. The van der Waals surface area contributed by atoms with E-state index in [-0.39, 0.29) is 12.2 Å². The molecule has 104 valence electrons. The maximum Gasteiger partial charge on any atom is 0.251 e. The fraction of sp³-hybridized carbons (Fsp3) is 0.500. The van der Waals surface area contributed by atoms with Crippen LogP contribution in [0, 0.1) is 0 Å². The van der Waals surface area contributed by atoms with Crippen molar-refractivity contribution in [2.24, 2.45) is 0 Å². The summed E-state index contributed by atoms with van der Waals surface area (Å²) in [4.78, 5) is 11.9. The zero-order valence-corrected chi connectivity index (χ0v) is 11.3. The van der Waals surface area contributed by atoms with Gasteiger partial charge in [-0.15, -0.1) is 0 Å². The summed E-state index contributed by atoms with van der Waals surface area (Å²) in [6.45, 7) is 0.528. The van der Waals surface area contributed by atoms with Gasteiger partial charge < -0.3 is 20.1 Å². The first kappa shape index (κ1) is 13.8. The summed E-state index contributed by atoms with van der Waals surface area (Å²) in [7, 11) is 3.19. The van der Waals surface area contributed by atoms with Gasteiger partial charge in [-0.3, -0.25) is 4.79 Å². The fourth-order valence-electron chi connectivity index (χ4n) is 1.73. The Morgan fingerprint density at radius 2 is 2.11 bits per heavy atom. The van der Waals surface area contributed by atoms with Gasteiger partial charge in [-0.1, -0.05) is 6.07 Å². The van der Waals surface area contributed by atoms with Crippen LogP contribution in [-0.4, -0.2) is 39.0 Å². The second-order valence-corrected chi connectivity index (χ2v) is 4.61. The molecule has 0 bridgehead atoms. The van der Waals surface area contributed by atoms with Gasteiger partial charge in [0.1, 0.15) is 0 Å². The Bertz CT molecular complexity index is 428. The van der Waals surface area contributed by atoms with Gasteiger partial charge in [-0.25, -0.2) is 0 Å². The minimum Gasteiger partial charge on any atom is -0.380 e. The van der Waals surface area contributed by atoms with Crippen LogP contribution in [0.2, 0.25) is 0 Å². The van der Waals surface area contributed by atoms with Gasteiger partial charge in [0, 0.05) is 31.5 Å². The Hall–Kier alpha value is -1.59. The number of hydrogen-bond donors (Lipinski definition) is 2. The third kappa shape index (κ3) is 4.22. The third-order valence-electron chi connectivity index (χ3n) is 3.04. The molecular formula is C14H20N2O3. The number of methoxy groups -OCH3 is 2. The molecule has 0 saturated heterocycles. The quantitative estimate of drug-likeness (QED) is 0.735. The molecule has 1 aliphatic rings. The number of hydrogen-bond acceptors (Lipinski definition) is 4. The molecule has 19 heavy (non-hydrogen) atoms. The maximum atomic E-state index is 11.9. The summed E-state index contributed by atoms with van der Waals surface area (Å²) in [6, 6.07) is 7.79. The first-order valence-corrected chi connectivity index (χ1v) is 6.43. The van der Waals surface area contributed by atoms with Gasteiger partial charge in [0.05, 0.1) is 6.54 Å². The molecular weight excluding hydrogens is 244 g/mol. The van der Waals surface area contributed by atoms with E-state index < -0.39 is 0 Å². The Kier molecular flexibility index (Phi) is 4.76. The Morgan fingerprint density at radius 3 is 2.74 bits per heavy atom. The van der Waals surface area contributed by atoms with Gasteiger partial charge in [0.25, 0.3) is 5.91 Å². The van der Waals surface area contributed by atoms with E-state index in [0.717, 1.165) is 18.5 Å². The van der Waals surface area contributed by atoms with Crippen molar-refractivity contribution in [1.82, 2.24) is 5.32 Å². The molecule has 5 nitrogen and oxygen atoms in total. The van der Waals surface area contributed by atoms with Crippen molar-refractivity contribution in [2.45, 2.75) is 25.2 Å². The monoisotopic (exact) mass is 264 g/mol. The van der Waals surface area contributed by atoms with E-state index in [9.17, 15) is 4.79 Å². The molecule has 5 heteroatoms. The van der Waals surface area contributed by atoms with Crippen LogP contribution in [0.25, 0.3) is 0 Å². The van der Waals surface area contributed by atoms with Crippen LogP contribution < -0.4 is 10.6 Å². The molecule has 0 radical (unpaired) electrons. The molecule has 1 aliphatic carbocycles. The number of nitrogens with one attached hydrogen (secondary N) is 2. The molecule has 1 aromatic rings. The smallest absolute Gasteiger partial charge is 0.251 e. The van der Waals surface area contributed by atoms with Crippen LogP contribution in [0.15, 0.2) is 24.3 Å². The number of ether oxygens (including phenoxy) is 2. The van der Waals surface area contributed by atoms with Gasteiger partial charge in [-0.2, -0.15) is 0 Å². The molecule has 1 fully saturated rings. The Balaban J connectivity index is 1.92. The van der Waals surface area contributed by atoms with E-state index in [4.69, 9.17) is 9.47 Å². The lowest BCUT2D eigenvalue weighted by atomic mass is 10.2. The topological polar surface area (TPSA) is 59.6 Å². The van der Waals surface area contributed by atoms with Crippen LogP contribution in [0.4, 0.5) is 5.69 Å². The second kappa shape index (κ2) is 6.54. The van der Waals surface area contributed by atoms with Gasteiger partial charge >= 0.3 is 0 Å². The van der Waals surface area contributed by atoms with Gasteiger partial charge in [-0.05, 0) is 31.0 Å². The molecule has 0 aliphatic heterocycles. The zero-order chi connectivity index (χ0) is 13.7. The highest BCUT2D eigenvalue weighted by molar-refractivity contribution is 5.95. The van der Waals surface area contributed by atoms with Crippen LogP contribution >= 0.6 is 0 Å². The number of carbonyl (C=O) groups excluding carboxylic acids is 1. The summed E-state index contributed by atoms with van der Waals surface area (Å²) < 4.78 is 10.2. The van der Waals surface area contributed by atoms with Crippen molar-refractivity contribution < 1.29 is 14.3 Å². The summed E-state index contributed by atoms with van der Waals surface area (Å²) in [6.07, 6.45) is 1.88. The summed E-state index contributed by atoms with van der Waals surface area (Å²) in [5.41, 5.74) is 1.55. The molecule has 1 saturated carbocycles. The lowest BCUT2D eigenvalue weighted by Crippen LogP contribution is -2.26. The summed E-state index contributed by atoms with van der Waals surface area (Å²) in [5.74, 6) is -0.0128. The minimum atomic E-state index is -0.302. The SMILES string of the molecule is COC(CNc1cccc(C(=O)NC2CC2)c1)OC. The van der Waals surface area contributed by atoms with Crippen LogP contribution in [0.3, 0.4) is 0 Å². The van der Waals surface area contributed by atoms with Crippen molar-refractivity contribution in [3.05, 3.63) is 29.8 Å². The van der Waals surface area contributed by atoms with E-state index in [0.29, 0.717) is 18.2 Å². The van der Waals surface area contributed by atoms with E-state index in [2.05, 4.69) is 10.6 Å². The van der Waals surface area contributed by atoms with E-state index in [1.165, 1.54) is 0 Å². The lowest BCUT2D eigenvalue weighted by Gasteiger charge is -2.15. The molecule has 1 aromatic carbocycles. The highest BCUT2D eigenvalue weighted by atomic mass is 16.7. The molecule has 0 spiro atoms. The van der Waals surface area contributed by atoms with Gasteiger partial charge in [0.15, 0.2) is 6.29 Å². The lowest BCUT2D eigenvalue weighted by molar-refractivity contribution is -0.0914. The Labute approximate surface area is 113 Å². The largest absolute Gasteiger partial charge is 0.380 e. The first-order valence-electron chi connectivity index (χ1n) is 6.43. The maximum absolute atomic E-state index is 11.9. The van der Waals surface area contributed by atoms with Crippen molar-refractivity contribution in [2.75, 3.05) is 26.1 Å². The van der Waals surface area contributed by atoms with Crippen molar-refractivity contribution in [3.63, 3.8) is 0 Å². The second-order valence-electron chi connectivity index (χ2n) is 4.61. The van der Waals surface area contributed by atoms with E-state index in [1.54, 1.807) is 14.2 Å². The first-order chi connectivity index (χ1) is 9.22. The summed E-state index contributed by atoms with van der Waals surface area (Å²) in [5, 5.41) is 6.15. The molecule has 2 N–H and O–H groups in total. The fourth-order valence-corrected chi connectivity index (χ4v) is 1.73. The molecule has 0 heterocycles. The van der Waals surface area contributed by atoms with Crippen LogP contribution in [0.5, 0.6) is 0 Å². The number of amides is 1. The molecule has 0 aromatic heterocycles. The highest BCUT2D eigenvalue weighted by Crippen LogP contribution is 2.20. The minimum absolute atomic E-state index is 0.0128. The van der Waals surface area contributed by atoms with E-state index in [1.807, 2.05) is 24.3 Å². The predicted molar refractivity (Wildman–Crippen MR) is 73.2 cm³/mol. The van der Waals surface area contributed by atoms with Gasteiger partial charge in [0.2, 0.25) is 0 Å². The molecule has 2 rings (SSSR count). The van der Waals surface area contributed by atoms with Crippen LogP contribution in [0.1, 0.15) is 23.2 Å². The van der Waals surface area contributed by atoms with Crippen molar-refractivity contribution in [3.8, 4) is 0 Å².